The molecule has 2 atom stereocenters. The molecule has 0 radical (unpaired) electrons. The van der Waals surface area contributed by atoms with Gasteiger partial charge in [-0.15, -0.1) is 0 Å². The molecule has 0 aliphatic carbocycles. The molecule has 0 bridgehead atoms. The number of methoxy groups -OCH3 is 2. The molecular formula is C19H27NO3. The lowest BCUT2D eigenvalue weighted by molar-refractivity contribution is -0.129. The minimum Gasteiger partial charge on any atom is -0.493 e. The fourth-order valence-corrected chi connectivity index (χ4v) is 2.62. The van der Waals surface area contributed by atoms with Crippen LogP contribution in [-0.4, -0.2) is 37.9 Å². The van der Waals surface area contributed by atoms with Gasteiger partial charge in [0, 0.05) is 40.9 Å². The molecule has 23 heavy (non-hydrogen) atoms. The smallest absolute Gasteiger partial charge is 0.161 e. The van der Waals surface area contributed by atoms with Gasteiger partial charge in [-0.3, -0.25) is 9.69 Å². The largest absolute Gasteiger partial charge is 0.493 e. The van der Waals surface area contributed by atoms with Crippen molar-refractivity contribution in [3.8, 4) is 11.5 Å². The summed E-state index contributed by atoms with van der Waals surface area (Å²) in [7, 11) is -2.18. The number of carbonyl (C=O) groups is 1. The lowest BCUT2D eigenvalue weighted by Crippen LogP contribution is -2.46. The van der Waals surface area contributed by atoms with E-state index in [9.17, 15) is 6.17 Å². The monoisotopic (exact) mass is 330 g/mol. The van der Waals surface area contributed by atoms with E-state index in [0.29, 0.717) is 4.90 Å². The highest BCUT2D eigenvalue weighted by atomic mass is 16.5. The number of piperidine rings is 1. The van der Waals surface area contributed by atoms with Crippen molar-refractivity contribution < 1.29 is 32.1 Å². The Labute approximate surface area is 157 Å². The number of ether oxygens (including phenoxy) is 2. The normalized spacial score (nSPS) is 46.1. The van der Waals surface area contributed by atoms with Crippen molar-refractivity contribution in [1.82, 2.24) is 4.90 Å². The minimum atomic E-state index is -3.35. The van der Waals surface area contributed by atoms with E-state index in [2.05, 4.69) is 0 Å². The Balaban J connectivity index is 2.51. The van der Waals surface area contributed by atoms with Crippen molar-refractivity contribution in [2.75, 3.05) is 27.2 Å². The molecule has 0 aromatic heterocycles. The summed E-state index contributed by atoms with van der Waals surface area (Å²) < 4.78 is 119. The van der Waals surface area contributed by atoms with Crippen LogP contribution in [-0.2, 0) is 11.2 Å². The lowest BCUT2D eigenvalue weighted by atomic mass is 9.80. The Kier molecular flexibility index (Phi) is 1.91. The fraction of sp³-hybridized carbons (Fsp3) is 0.632. The Morgan fingerprint density at radius 2 is 2.26 bits per heavy atom. The molecule has 1 fully saturated rings. The fourth-order valence-electron chi connectivity index (χ4n) is 2.62. The molecule has 4 nitrogen and oxygen atoms in total. The molecule has 0 spiro atoms. The molecule has 3 rings (SSSR count). The molecule has 126 valence electrons. The van der Waals surface area contributed by atoms with Gasteiger partial charge in [0.25, 0.3) is 0 Å². The van der Waals surface area contributed by atoms with Gasteiger partial charge in [0.15, 0.2) is 11.5 Å². The maximum atomic E-state index is 13.4. The molecular weight excluding hydrogens is 290 g/mol. The Bertz CT molecular complexity index is 1100. The SMILES string of the molecule is [2H]c1c(OC([2H])([2H])[2H])c(OC)c([2H])c2c1C([2H])([2H])C([2H])([2H])N1CC([2H])(CC(C)C)C(=O)C([2H])([2H])C21[2H]. The number of ketones is 1. The van der Waals surface area contributed by atoms with E-state index in [1.165, 1.54) is 0 Å². The van der Waals surface area contributed by atoms with Gasteiger partial charge in [-0.25, -0.2) is 0 Å². The Morgan fingerprint density at radius 3 is 2.96 bits per heavy atom. The standard InChI is InChI=1S/C19H27NO3/c1-12(2)7-14-11-20-6-5-13-8-18(22-3)19(23-4)9-15(13)16(20)10-17(14)21/h8-9,12,14,16H,5-7,10-11H2,1-4H3/i3D3,5D2,6D2,8D,9D,10D2,14D,16D. The number of hydrogen-bond acceptors (Lipinski definition) is 4. The molecule has 0 N–H and O–H groups in total. The summed E-state index contributed by atoms with van der Waals surface area (Å²) in [6.07, 6.45) is -6.77. The maximum absolute atomic E-state index is 13.4. The van der Waals surface area contributed by atoms with Gasteiger partial charge in [0.2, 0.25) is 0 Å². The molecule has 1 saturated heterocycles. The molecule has 2 heterocycles. The van der Waals surface area contributed by atoms with Crippen molar-refractivity contribution in [1.29, 1.82) is 0 Å². The van der Waals surface area contributed by atoms with Crippen LogP contribution in [0.5, 0.6) is 11.5 Å². The van der Waals surface area contributed by atoms with Gasteiger partial charge >= 0.3 is 0 Å². The van der Waals surface area contributed by atoms with Gasteiger partial charge in [-0.05, 0) is 41.9 Å². The lowest BCUT2D eigenvalue weighted by Gasteiger charge is -2.43. The number of fused-ring (bicyclic) bond motifs is 3. The molecule has 2 unspecified atom stereocenters. The third-order valence-electron chi connectivity index (χ3n) is 3.62. The maximum Gasteiger partial charge on any atom is 0.161 e. The number of nitrogens with zero attached hydrogens (tertiary/aromatic N) is 1. The molecule has 1 aromatic carbocycles. The van der Waals surface area contributed by atoms with Crippen molar-refractivity contribution in [3.63, 3.8) is 0 Å². The van der Waals surface area contributed by atoms with Crippen LogP contribution in [0.4, 0.5) is 0 Å². The zero-order valence-electron chi connectivity index (χ0n) is 26.2. The number of rotatable bonds is 4. The van der Waals surface area contributed by atoms with Crippen LogP contribution in [0.1, 0.15) is 61.6 Å². The third kappa shape index (κ3) is 3.09. The molecule has 0 saturated carbocycles. The second-order valence-electron chi connectivity index (χ2n) is 5.79. The van der Waals surface area contributed by atoms with E-state index in [1.54, 1.807) is 13.8 Å². The first kappa shape index (κ1) is 6.75. The topological polar surface area (TPSA) is 38.8 Å². The third-order valence-corrected chi connectivity index (χ3v) is 3.62. The second kappa shape index (κ2) is 6.52. The average molecular weight is 331 g/mol. The quantitative estimate of drug-likeness (QED) is 0.849. The predicted molar refractivity (Wildman–Crippen MR) is 90.1 cm³/mol. The van der Waals surface area contributed by atoms with E-state index in [0.717, 1.165) is 7.11 Å². The number of hydrogen-bond donors (Lipinski definition) is 0. The van der Waals surface area contributed by atoms with E-state index < -0.39 is 85.2 Å². The van der Waals surface area contributed by atoms with Gasteiger partial charge < -0.3 is 9.47 Å². The molecule has 1 aromatic rings. The van der Waals surface area contributed by atoms with Crippen molar-refractivity contribution in [2.24, 2.45) is 11.8 Å². The molecule has 2 aliphatic heterocycles. The van der Waals surface area contributed by atoms with Crippen LogP contribution >= 0.6 is 0 Å². The van der Waals surface area contributed by atoms with Crippen LogP contribution in [0.15, 0.2) is 12.1 Å². The van der Waals surface area contributed by atoms with E-state index >= 15 is 0 Å². The summed E-state index contributed by atoms with van der Waals surface area (Å²) in [6, 6.07) is -5.09. The van der Waals surface area contributed by atoms with Crippen molar-refractivity contribution >= 4 is 5.78 Å². The highest BCUT2D eigenvalue weighted by Crippen LogP contribution is 2.42. The summed E-state index contributed by atoms with van der Waals surface area (Å²) in [5.74, 6) is -5.50. The summed E-state index contributed by atoms with van der Waals surface area (Å²) in [6.45, 7) is -0.784. The van der Waals surface area contributed by atoms with Crippen molar-refractivity contribution in [2.45, 2.75) is 39.0 Å². The average Bonchev–Trinajstić information content (AvgIpc) is 2.69. The summed E-state index contributed by atoms with van der Waals surface area (Å²) in [5.41, 5.74) is -1.87. The van der Waals surface area contributed by atoms with Crippen LogP contribution in [0.25, 0.3) is 0 Å². The van der Waals surface area contributed by atoms with Crippen LogP contribution in [0, 0.1) is 11.8 Å². The molecule has 0 amide bonds. The van der Waals surface area contributed by atoms with Crippen LogP contribution in [0.3, 0.4) is 0 Å². The highest BCUT2D eigenvalue weighted by Gasteiger charge is 2.38. The van der Waals surface area contributed by atoms with Gasteiger partial charge in [0.05, 0.1) is 22.4 Å². The second-order valence-corrected chi connectivity index (χ2v) is 5.79. The zero-order valence-corrected chi connectivity index (χ0v) is 13.2. The summed E-state index contributed by atoms with van der Waals surface area (Å²) >= 11 is 0. The predicted octanol–water partition coefficient (Wildman–Crippen LogP) is 3.24. The van der Waals surface area contributed by atoms with Gasteiger partial charge in [-0.1, -0.05) is 13.8 Å². The van der Waals surface area contributed by atoms with E-state index in [-0.39, 0.29) is 12.3 Å². The van der Waals surface area contributed by atoms with E-state index in [1.807, 2.05) is 0 Å². The molecule has 2 aliphatic rings. The minimum absolute atomic E-state index is 0.198. The van der Waals surface area contributed by atoms with E-state index in [4.69, 9.17) is 25.9 Å². The van der Waals surface area contributed by atoms with Crippen molar-refractivity contribution in [3.05, 3.63) is 23.2 Å². The number of Topliss-reactive ketones (excluding diaryl/α,β-unsaturated/α-hetero) is 1. The van der Waals surface area contributed by atoms with Gasteiger partial charge in [0.1, 0.15) is 5.78 Å². The highest BCUT2D eigenvalue weighted by molar-refractivity contribution is 5.83. The first-order chi connectivity index (χ1) is 16.0. The van der Waals surface area contributed by atoms with Gasteiger partial charge in [-0.2, -0.15) is 0 Å². The summed E-state index contributed by atoms with van der Waals surface area (Å²) in [4.78, 5) is 13.8. The molecule has 4 heteroatoms. The number of carbonyl (C=O) groups excluding carboxylic acids is 1. The Hall–Kier alpha value is -1.55. The number of benzene rings is 1. The first-order valence-corrected chi connectivity index (χ1v) is 7.26. The Morgan fingerprint density at radius 1 is 1.48 bits per heavy atom. The van der Waals surface area contributed by atoms with Crippen LogP contribution in [0.2, 0.25) is 0 Å². The summed E-state index contributed by atoms with van der Waals surface area (Å²) in [5, 5.41) is 0. The van der Waals surface area contributed by atoms with Crippen LogP contribution < -0.4 is 9.47 Å². The first-order valence-electron chi connectivity index (χ1n) is 13.8. The zero-order chi connectivity index (χ0) is 28.0.